The smallest absolute Gasteiger partial charge is 0.271 e. The van der Waals surface area contributed by atoms with Crippen LogP contribution >= 0.6 is 11.3 Å². The van der Waals surface area contributed by atoms with Crippen molar-refractivity contribution < 1.29 is 0 Å². The normalized spacial score (nSPS) is 11.7. The Morgan fingerprint density at radius 3 is 2.90 bits per heavy atom. The van der Waals surface area contributed by atoms with Crippen molar-refractivity contribution in [2.45, 2.75) is 6.92 Å². The van der Waals surface area contributed by atoms with Crippen LogP contribution < -0.4 is 5.56 Å². The molecule has 0 aliphatic heterocycles. The van der Waals surface area contributed by atoms with Crippen molar-refractivity contribution in [3.63, 3.8) is 0 Å². The lowest BCUT2D eigenvalue weighted by molar-refractivity contribution is 0.845. The van der Waals surface area contributed by atoms with E-state index in [1.165, 1.54) is 15.9 Å². The molecule has 0 saturated carbocycles. The fourth-order valence-electron chi connectivity index (χ4n) is 2.58. The van der Waals surface area contributed by atoms with E-state index in [0.717, 1.165) is 32.2 Å². The lowest BCUT2D eigenvalue weighted by atomic mass is 10.1. The van der Waals surface area contributed by atoms with Crippen molar-refractivity contribution in [3.8, 4) is 0 Å². The van der Waals surface area contributed by atoms with Crippen LogP contribution in [0.15, 0.2) is 35.4 Å². The molecule has 5 heteroatoms. The van der Waals surface area contributed by atoms with Gasteiger partial charge in [0.05, 0.1) is 17.4 Å². The highest BCUT2D eigenvalue weighted by molar-refractivity contribution is 7.25. The fraction of sp³-hybridized carbons (Fsp3) is 0.133. The number of aryl methyl sites for hydroxylation is 2. The Bertz CT molecular complexity index is 1050. The molecule has 0 aliphatic rings. The molecule has 3 aromatic heterocycles. The first-order valence-electron chi connectivity index (χ1n) is 6.30. The van der Waals surface area contributed by atoms with Gasteiger partial charge < -0.3 is 4.57 Å². The Morgan fingerprint density at radius 2 is 2.05 bits per heavy atom. The largest absolute Gasteiger partial charge is 0.301 e. The summed E-state index contributed by atoms with van der Waals surface area (Å²) >= 11 is 1.42. The molecule has 0 amide bonds. The molecule has 0 saturated heterocycles. The van der Waals surface area contributed by atoms with Crippen molar-refractivity contribution in [1.29, 1.82) is 0 Å². The predicted octanol–water partition coefficient (Wildman–Crippen LogP) is 3.00. The summed E-state index contributed by atoms with van der Waals surface area (Å²) in [5.41, 5.74) is 2.85. The SMILES string of the molecule is Cc1c2ccccc2nc2sc3c(=O)n(C)cnc3c12. The number of rotatable bonds is 0. The van der Waals surface area contributed by atoms with Crippen molar-refractivity contribution in [1.82, 2.24) is 14.5 Å². The first-order valence-corrected chi connectivity index (χ1v) is 7.11. The van der Waals surface area contributed by atoms with E-state index >= 15 is 0 Å². The molecule has 20 heavy (non-hydrogen) atoms. The second-order valence-electron chi connectivity index (χ2n) is 4.87. The Labute approximate surface area is 118 Å². The first-order chi connectivity index (χ1) is 9.66. The van der Waals surface area contributed by atoms with E-state index in [9.17, 15) is 4.79 Å². The van der Waals surface area contributed by atoms with Crippen molar-refractivity contribution in [2.24, 2.45) is 7.05 Å². The van der Waals surface area contributed by atoms with Gasteiger partial charge in [-0.1, -0.05) is 18.2 Å². The van der Waals surface area contributed by atoms with Crippen LogP contribution in [-0.4, -0.2) is 14.5 Å². The van der Waals surface area contributed by atoms with Crippen LogP contribution in [0.2, 0.25) is 0 Å². The minimum Gasteiger partial charge on any atom is -0.301 e. The van der Waals surface area contributed by atoms with E-state index in [0.29, 0.717) is 4.70 Å². The third kappa shape index (κ3) is 1.38. The summed E-state index contributed by atoms with van der Waals surface area (Å²) in [5.74, 6) is 0. The maximum atomic E-state index is 12.2. The summed E-state index contributed by atoms with van der Waals surface area (Å²) < 4.78 is 2.18. The number of nitrogens with zero attached hydrogens (tertiary/aromatic N) is 3. The lowest BCUT2D eigenvalue weighted by Crippen LogP contribution is -2.15. The molecule has 0 aliphatic carbocycles. The van der Waals surface area contributed by atoms with E-state index in [-0.39, 0.29) is 5.56 Å². The Hall–Kier alpha value is -2.27. The highest BCUT2D eigenvalue weighted by atomic mass is 32.1. The molecule has 98 valence electrons. The van der Waals surface area contributed by atoms with Gasteiger partial charge in [0.1, 0.15) is 9.53 Å². The standard InChI is InChI=1S/C15H11N3OS/c1-8-9-5-3-4-6-10(9)17-14-11(8)12-13(20-14)15(19)18(2)7-16-12/h3-7H,1-2H3. The van der Waals surface area contributed by atoms with Gasteiger partial charge in [-0.15, -0.1) is 11.3 Å². The van der Waals surface area contributed by atoms with Gasteiger partial charge in [-0.25, -0.2) is 9.97 Å². The average Bonchev–Trinajstić information content (AvgIpc) is 2.83. The molecule has 0 atom stereocenters. The van der Waals surface area contributed by atoms with Crippen LogP contribution in [-0.2, 0) is 7.05 Å². The summed E-state index contributed by atoms with van der Waals surface area (Å²) in [6, 6.07) is 8.04. The number of hydrogen-bond donors (Lipinski definition) is 0. The van der Waals surface area contributed by atoms with Crippen LogP contribution in [0.25, 0.3) is 31.3 Å². The molecule has 0 fully saturated rings. The van der Waals surface area contributed by atoms with Gasteiger partial charge in [0, 0.05) is 17.8 Å². The monoisotopic (exact) mass is 281 g/mol. The number of pyridine rings is 1. The van der Waals surface area contributed by atoms with Gasteiger partial charge in [0.15, 0.2) is 0 Å². The Kier molecular flexibility index (Phi) is 2.23. The molecule has 0 N–H and O–H groups in total. The molecule has 0 spiro atoms. The van der Waals surface area contributed by atoms with Gasteiger partial charge in [-0.05, 0) is 18.6 Å². The minimum atomic E-state index is -0.0125. The topological polar surface area (TPSA) is 47.8 Å². The Morgan fingerprint density at radius 1 is 1.25 bits per heavy atom. The quantitative estimate of drug-likeness (QED) is 0.498. The van der Waals surface area contributed by atoms with Crippen LogP contribution in [0.1, 0.15) is 5.56 Å². The molecule has 0 radical (unpaired) electrons. The summed E-state index contributed by atoms with van der Waals surface area (Å²) in [4.78, 5) is 22.2. The molecule has 0 bridgehead atoms. The number of aromatic nitrogens is 3. The van der Waals surface area contributed by atoms with E-state index in [1.54, 1.807) is 13.4 Å². The third-order valence-corrected chi connectivity index (χ3v) is 4.71. The summed E-state index contributed by atoms with van der Waals surface area (Å²) in [5, 5.41) is 2.11. The molecule has 4 nitrogen and oxygen atoms in total. The first kappa shape index (κ1) is 11.5. The zero-order chi connectivity index (χ0) is 13.9. The van der Waals surface area contributed by atoms with Gasteiger partial charge in [0.2, 0.25) is 0 Å². The second kappa shape index (κ2) is 3.86. The zero-order valence-corrected chi connectivity index (χ0v) is 11.9. The molecule has 3 heterocycles. The van der Waals surface area contributed by atoms with E-state index in [4.69, 9.17) is 0 Å². The summed E-state index contributed by atoms with van der Waals surface area (Å²) in [6.45, 7) is 2.07. The van der Waals surface area contributed by atoms with Crippen molar-refractivity contribution >= 4 is 42.7 Å². The van der Waals surface area contributed by atoms with E-state index in [1.807, 2.05) is 18.2 Å². The van der Waals surface area contributed by atoms with E-state index in [2.05, 4.69) is 23.0 Å². The van der Waals surface area contributed by atoms with Gasteiger partial charge in [-0.2, -0.15) is 0 Å². The summed E-state index contributed by atoms with van der Waals surface area (Å²) in [7, 11) is 1.72. The molecular formula is C15H11N3OS. The number of fused-ring (bicyclic) bond motifs is 4. The molecule has 0 unspecified atom stereocenters. The zero-order valence-electron chi connectivity index (χ0n) is 11.0. The minimum absolute atomic E-state index is 0.0125. The van der Waals surface area contributed by atoms with Crippen LogP contribution in [0, 0.1) is 6.92 Å². The van der Waals surface area contributed by atoms with Crippen LogP contribution in [0.3, 0.4) is 0 Å². The molecule has 4 rings (SSSR count). The maximum absolute atomic E-state index is 12.2. The lowest BCUT2D eigenvalue weighted by Gasteiger charge is -2.03. The maximum Gasteiger partial charge on any atom is 0.271 e. The van der Waals surface area contributed by atoms with Crippen LogP contribution in [0.5, 0.6) is 0 Å². The third-order valence-electron chi connectivity index (χ3n) is 3.64. The van der Waals surface area contributed by atoms with Crippen LogP contribution in [0.4, 0.5) is 0 Å². The number of hydrogen-bond acceptors (Lipinski definition) is 4. The molecular weight excluding hydrogens is 270 g/mol. The van der Waals surface area contributed by atoms with Gasteiger partial charge in [-0.3, -0.25) is 4.79 Å². The summed E-state index contributed by atoms with van der Waals surface area (Å²) in [6.07, 6.45) is 1.57. The van der Waals surface area contributed by atoms with Crippen molar-refractivity contribution in [2.75, 3.05) is 0 Å². The number of benzene rings is 1. The number of thiophene rings is 1. The fourth-order valence-corrected chi connectivity index (χ4v) is 3.76. The van der Waals surface area contributed by atoms with E-state index < -0.39 is 0 Å². The van der Waals surface area contributed by atoms with Gasteiger partial charge in [0.25, 0.3) is 5.56 Å². The highest BCUT2D eigenvalue weighted by Crippen LogP contribution is 2.34. The number of para-hydroxylation sites is 1. The second-order valence-corrected chi connectivity index (χ2v) is 5.87. The highest BCUT2D eigenvalue weighted by Gasteiger charge is 2.15. The average molecular weight is 281 g/mol. The predicted molar refractivity (Wildman–Crippen MR) is 82.4 cm³/mol. The molecule has 4 aromatic rings. The van der Waals surface area contributed by atoms with Crippen molar-refractivity contribution in [3.05, 3.63) is 46.5 Å². The molecule has 1 aromatic carbocycles. The van der Waals surface area contributed by atoms with Gasteiger partial charge >= 0.3 is 0 Å². The Balaban J connectivity index is 2.34.